The number of thioether (sulfide) groups is 1. The van der Waals surface area contributed by atoms with Gasteiger partial charge in [-0.3, -0.25) is 9.36 Å². The summed E-state index contributed by atoms with van der Waals surface area (Å²) in [5, 5.41) is 9.83. The average molecular weight is 437 g/mol. The molecule has 6 nitrogen and oxygen atoms in total. The van der Waals surface area contributed by atoms with E-state index in [-0.39, 0.29) is 23.2 Å². The summed E-state index contributed by atoms with van der Waals surface area (Å²) in [5.41, 5.74) is 0. The van der Waals surface area contributed by atoms with Crippen molar-refractivity contribution >= 4 is 29.3 Å². The Morgan fingerprint density at radius 1 is 1.21 bits per heavy atom. The van der Waals surface area contributed by atoms with Gasteiger partial charge in [0.2, 0.25) is 5.91 Å². The van der Waals surface area contributed by atoms with Gasteiger partial charge in [-0.25, -0.2) is 0 Å². The van der Waals surface area contributed by atoms with E-state index < -0.39 is 0 Å². The number of halogens is 1. The molecule has 0 aliphatic heterocycles. The third kappa shape index (κ3) is 5.25. The van der Waals surface area contributed by atoms with Gasteiger partial charge in [-0.05, 0) is 59.6 Å². The van der Waals surface area contributed by atoms with Gasteiger partial charge in [-0.1, -0.05) is 35.5 Å². The van der Waals surface area contributed by atoms with E-state index in [1.807, 2.05) is 57.7 Å². The maximum Gasteiger partial charge on any atom is 0.236 e. The van der Waals surface area contributed by atoms with Crippen molar-refractivity contribution in [2.75, 3.05) is 0 Å². The number of aromatic nitrogens is 3. The van der Waals surface area contributed by atoms with Crippen LogP contribution in [0.2, 0.25) is 5.02 Å². The van der Waals surface area contributed by atoms with Crippen LogP contribution in [0.1, 0.15) is 59.3 Å². The molecule has 1 unspecified atom stereocenters. The number of carbonyl (C=O) groups excluding carboxylic acids is 1. The number of hydrogen-bond acceptors (Lipinski definition) is 5. The Hall–Kier alpha value is -1.73. The van der Waals surface area contributed by atoms with Gasteiger partial charge in [0, 0.05) is 18.1 Å². The van der Waals surface area contributed by atoms with Crippen LogP contribution in [0.3, 0.4) is 0 Å². The lowest BCUT2D eigenvalue weighted by molar-refractivity contribution is -0.133. The summed E-state index contributed by atoms with van der Waals surface area (Å²) < 4.78 is 7.99. The first kappa shape index (κ1) is 22.0. The van der Waals surface area contributed by atoms with Gasteiger partial charge in [0.05, 0.1) is 10.3 Å². The molecule has 0 bridgehead atoms. The lowest BCUT2D eigenvalue weighted by atomic mass is 10.2. The average Bonchev–Trinajstić information content (AvgIpc) is 3.41. The van der Waals surface area contributed by atoms with Gasteiger partial charge >= 0.3 is 0 Å². The number of benzene rings is 1. The van der Waals surface area contributed by atoms with Crippen LogP contribution >= 0.6 is 23.4 Å². The highest BCUT2D eigenvalue weighted by Crippen LogP contribution is 2.40. The Morgan fingerprint density at radius 2 is 1.86 bits per heavy atom. The monoisotopic (exact) mass is 436 g/mol. The van der Waals surface area contributed by atoms with Crippen LogP contribution in [0.4, 0.5) is 0 Å². The molecule has 3 rings (SSSR count). The molecule has 1 aromatic heterocycles. The second kappa shape index (κ2) is 9.39. The summed E-state index contributed by atoms with van der Waals surface area (Å²) in [6.07, 6.45) is 2.19. The molecule has 1 aromatic carbocycles. The van der Waals surface area contributed by atoms with Crippen LogP contribution in [-0.2, 0) is 11.4 Å². The Balaban J connectivity index is 1.73. The van der Waals surface area contributed by atoms with Crippen molar-refractivity contribution in [1.82, 2.24) is 19.7 Å². The Labute approximate surface area is 182 Å². The molecule has 1 heterocycles. The number of para-hydroxylation sites is 1. The zero-order chi connectivity index (χ0) is 21.1. The molecule has 8 heteroatoms. The van der Waals surface area contributed by atoms with E-state index in [2.05, 4.69) is 14.8 Å². The first-order chi connectivity index (χ1) is 13.8. The highest BCUT2D eigenvalue weighted by Gasteiger charge is 2.32. The molecule has 0 radical (unpaired) electrons. The number of nitrogens with zero attached hydrogens (tertiary/aromatic N) is 4. The lowest BCUT2D eigenvalue weighted by Crippen LogP contribution is -2.45. The smallest absolute Gasteiger partial charge is 0.236 e. The lowest BCUT2D eigenvalue weighted by Gasteiger charge is -2.32. The molecule has 1 fully saturated rings. The molecule has 2 aromatic rings. The van der Waals surface area contributed by atoms with E-state index in [1.165, 1.54) is 11.8 Å². The second-order valence-corrected chi connectivity index (χ2v) is 9.63. The van der Waals surface area contributed by atoms with Crippen LogP contribution in [0, 0.1) is 0 Å². The molecule has 1 aliphatic rings. The molecular weight excluding hydrogens is 408 g/mol. The van der Waals surface area contributed by atoms with Crippen molar-refractivity contribution in [3.63, 3.8) is 0 Å². The number of rotatable bonds is 9. The topological polar surface area (TPSA) is 60.3 Å². The summed E-state index contributed by atoms with van der Waals surface area (Å²) in [5.74, 6) is 1.51. The van der Waals surface area contributed by atoms with Gasteiger partial charge in [0.1, 0.15) is 12.4 Å². The van der Waals surface area contributed by atoms with E-state index in [1.54, 1.807) is 6.07 Å². The fourth-order valence-corrected chi connectivity index (χ4v) is 4.60. The summed E-state index contributed by atoms with van der Waals surface area (Å²) in [4.78, 5) is 14.9. The van der Waals surface area contributed by atoms with Gasteiger partial charge in [-0.2, -0.15) is 0 Å². The second-order valence-electron chi connectivity index (χ2n) is 7.91. The Kier molecular flexibility index (Phi) is 7.11. The van der Waals surface area contributed by atoms with Crippen molar-refractivity contribution in [1.29, 1.82) is 0 Å². The molecule has 1 aliphatic carbocycles. The number of ether oxygens (including phenoxy) is 1. The van der Waals surface area contributed by atoms with Crippen molar-refractivity contribution in [3.05, 3.63) is 35.1 Å². The Morgan fingerprint density at radius 3 is 2.45 bits per heavy atom. The molecule has 158 valence electrons. The van der Waals surface area contributed by atoms with Gasteiger partial charge in [-0.15, -0.1) is 10.2 Å². The third-order valence-electron chi connectivity index (χ3n) is 4.84. The molecule has 0 N–H and O–H groups in total. The van der Waals surface area contributed by atoms with Crippen LogP contribution in [-0.4, -0.2) is 42.9 Å². The van der Waals surface area contributed by atoms with E-state index in [0.717, 1.165) is 23.8 Å². The minimum atomic E-state index is -0.237. The molecule has 1 saturated carbocycles. The standard InChI is InChI=1S/C21H29ClN4O2S/c1-13(2)25(14(3)4)20(27)15(5)29-21-24-23-19(26(21)16-10-11-16)12-28-18-9-7-6-8-17(18)22/h6-9,13-16H,10-12H2,1-5H3. The van der Waals surface area contributed by atoms with Crippen LogP contribution < -0.4 is 4.74 Å². The number of hydrogen-bond donors (Lipinski definition) is 0. The summed E-state index contributed by atoms with van der Waals surface area (Å²) in [6.45, 7) is 10.4. The normalized spacial score (nSPS) is 15.0. The molecule has 1 amide bonds. The predicted octanol–water partition coefficient (Wildman–Crippen LogP) is 4.97. The molecule has 29 heavy (non-hydrogen) atoms. The predicted molar refractivity (Wildman–Crippen MR) is 117 cm³/mol. The maximum atomic E-state index is 13.0. The minimum absolute atomic E-state index is 0.124. The van der Waals surface area contributed by atoms with Crippen molar-refractivity contribution in [2.45, 2.75) is 82.6 Å². The number of carbonyl (C=O) groups is 1. The highest BCUT2D eigenvalue weighted by atomic mass is 35.5. The summed E-state index contributed by atoms with van der Waals surface area (Å²) in [7, 11) is 0. The number of amides is 1. The van der Waals surface area contributed by atoms with Gasteiger partial charge in [0.15, 0.2) is 11.0 Å². The van der Waals surface area contributed by atoms with E-state index in [0.29, 0.717) is 23.4 Å². The van der Waals surface area contributed by atoms with Crippen LogP contribution in [0.5, 0.6) is 5.75 Å². The summed E-state index contributed by atoms with van der Waals surface area (Å²) >= 11 is 7.65. The fourth-order valence-electron chi connectivity index (χ4n) is 3.41. The van der Waals surface area contributed by atoms with Crippen molar-refractivity contribution in [2.24, 2.45) is 0 Å². The minimum Gasteiger partial charge on any atom is -0.484 e. The van der Waals surface area contributed by atoms with E-state index >= 15 is 0 Å². The van der Waals surface area contributed by atoms with Crippen molar-refractivity contribution < 1.29 is 9.53 Å². The Bertz CT molecular complexity index is 843. The zero-order valence-corrected chi connectivity index (χ0v) is 19.2. The molecule has 1 atom stereocenters. The molecular formula is C21H29ClN4O2S. The van der Waals surface area contributed by atoms with Gasteiger partial charge < -0.3 is 9.64 Å². The SMILES string of the molecule is CC(Sc1nnc(COc2ccccc2Cl)n1C1CC1)C(=O)N(C(C)C)C(C)C. The maximum absolute atomic E-state index is 13.0. The van der Waals surface area contributed by atoms with E-state index in [4.69, 9.17) is 16.3 Å². The van der Waals surface area contributed by atoms with Crippen LogP contribution in [0.25, 0.3) is 0 Å². The third-order valence-corrected chi connectivity index (χ3v) is 6.19. The molecule has 0 saturated heterocycles. The fraction of sp³-hybridized carbons (Fsp3) is 0.571. The van der Waals surface area contributed by atoms with Gasteiger partial charge in [0.25, 0.3) is 0 Å². The van der Waals surface area contributed by atoms with Crippen LogP contribution in [0.15, 0.2) is 29.4 Å². The molecule has 0 spiro atoms. The van der Waals surface area contributed by atoms with Crippen molar-refractivity contribution in [3.8, 4) is 5.75 Å². The largest absolute Gasteiger partial charge is 0.484 e. The van der Waals surface area contributed by atoms with E-state index in [9.17, 15) is 4.79 Å². The zero-order valence-electron chi connectivity index (χ0n) is 17.6. The highest BCUT2D eigenvalue weighted by molar-refractivity contribution is 8.00. The first-order valence-electron chi connectivity index (χ1n) is 10.1. The first-order valence-corrected chi connectivity index (χ1v) is 11.3. The quantitative estimate of drug-likeness (QED) is 0.519. The summed E-state index contributed by atoms with van der Waals surface area (Å²) in [6, 6.07) is 8.09.